The summed E-state index contributed by atoms with van der Waals surface area (Å²) in [5.41, 5.74) is 15.5. The van der Waals surface area contributed by atoms with Gasteiger partial charge in [0.05, 0.1) is 36.2 Å². The van der Waals surface area contributed by atoms with Crippen molar-refractivity contribution in [2.45, 2.75) is 30.8 Å². The molecular formula is C21H20N4O2. The number of hydrogen-bond donors (Lipinski definition) is 2. The number of fused-ring (bicyclic) bond motifs is 5. The van der Waals surface area contributed by atoms with Crippen molar-refractivity contribution in [3.8, 4) is 17.2 Å². The van der Waals surface area contributed by atoms with Crippen LogP contribution in [0.25, 0.3) is 0 Å². The van der Waals surface area contributed by atoms with E-state index in [0.29, 0.717) is 29.0 Å². The number of pyridine rings is 2. The molecule has 0 aliphatic heterocycles. The summed E-state index contributed by atoms with van der Waals surface area (Å²) in [4.78, 5) is 8.20. The summed E-state index contributed by atoms with van der Waals surface area (Å²) >= 11 is 0. The summed E-state index contributed by atoms with van der Waals surface area (Å²) in [6.07, 6.45) is 8.97. The normalized spacial score (nSPS) is 22.4. The Bertz CT molecular complexity index is 1010. The molecule has 6 heteroatoms. The Morgan fingerprint density at radius 3 is 2.15 bits per heavy atom. The third-order valence-electron chi connectivity index (χ3n) is 5.42. The summed E-state index contributed by atoms with van der Waals surface area (Å²) in [7, 11) is 0. The van der Waals surface area contributed by atoms with Gasteiger partial charge in [-0.25, -0.2) is 0 Å². The van der Waals surface area contributed by atoms with E-state index in [1.807, 2.05) is 12.1 Å². The van der Waals surface area contributed by atoms with E-state index in [4.69, 9.17) is 20.9 Å². The standard InChI is InChI=1S/C21H20N4O2/c22-12-5-15(10-24-8-12)26-14-1-2-17-18-3-4-19(20(17)7-14)21(18)27-16-6-13(23)9-25-11-16/h1-2,5-11,18-19,21H,3-4,22-23H2. The Hall–Kier alpha value is -3.28. The highest BCUT2D eigenvalue weighted by atomic mass is 16.5. The summed E-state index contributed by atoms with van der Waals surface area (Å²) in [5.74, 6) is 2.91. The number of hydrogen-bond acceptors (Lipinski definition) is 6. The predicted octanol–water partition coefficient (Wildman–Crippen LogP) is 3.86. The lowest BCUT2D eigenvalue weighted by Crippen LogP contribution is -2.19. The van der Waals surface area contributed by atoms with E-state index in [0.717, 1.165) is 24.3 Å². The minimum Gasteiger partial charge on any atom is -0.487 e. The molecule has 2 bridgehead atoms. The Morgan fingerprint density at radius 2 is 1.41 bits per heavy atom. The molecule has 6 nitrogen and oxygen atoms in total. The monoisotopic (exact) mass is 360 g/mol. The van der Waals surface area contributed by atoms with E-state index in [1.165, 1.54) is 11.1 Å². The van der Waals surface area contributed by atoms with Gasteiger partial charge in [0, 0.05) is 24.0 Å². The average Bonchev–Trinajstić information content (AvgIpc) is 3.17. The van der Waals surface area contributed by atoms with Gasteiger partial charge in [0.1, 0.15) is 23.4 Å². The van der Waals surface area contributed by atoms with E-state index in [2.05, 4.69) is 22.1 Å². The number of anilines is 2. The van der Waals surface area contributed by atoms with Crippen molar-refractivity contribution in [3.63, 3.8) is 0 Å². The molecule has 1 aromatic carbocycles. The van der Waals surface area contributed by atoms with Crippen LogP contribution in [0.2, 0.25) is 0 Å². The number of nitrogen functional groups attached to an aromatic ring is 2. The largest absolute Gasteiger partial charge is 0.487 e. The van der Waals surface area contributed by atoms with Crippen LogP contribution in [0.1, 0.15) is 35.8 Å². The Balaban J connectivity index is 1.40. The van der Waals surface area contributed by atoms with Crippen molar-refractivity contribution >= 4 is 11.4 Å². The van der Waals surface area contributed by atoms with Crippen LogP contribution in [0.5, 0.6) is 17.2 Å². The van der Waals surface area contributed by atoms with Gasteiger partial charge in [-0.1, -0.05) is 6.07 Å². The molecule has 2 aromatic heterocycles. The van der Waals surface area contributed by atoms with Gasteiger partial charge in [-0.3, -0.25) is 9.97 Å². The minimum atomic E-state index is 0.118. The van der Waals surface area contributed by atoms with Gasteiger partial charge < -0.3 is 20.9 Å². The Morgan fingerprint density at radius 1 is 0.741 bits per heavy atom. The first-order valence-electron chi connectivity index (χ1n) is 9.07. The predicted molar refractivity (Wildman–Crippen MR) is 103 cm³/mol. The molecule has 2 aliphatic carbocycles. The molecule has 0 radical (unpaired) electrons. The lowest BCUT2D eigenvalue weighted by Gasteiger charge is -2.18. The molecule has 0 spiro atoms. The molecular weight excluding hydrogens is 340 g/mol. The zero-order valence-corrected chi connectivity index (χ0v) is 14.7. The highest BCUT2D eigenvalue weighted by Crippen LogP contribution is 2.55. The number of ether oxygens (including phenoxy) is 2. The average molecular weight is 360 g/mol. The third kappa shape index (κ3) is 2.83. The second-order valence-electron chi connectivity index (χ2n) is 7.17. The molecule has 3 unspecified atom stereocenters. The molecule has 2 aliphatic rings. The molecule has 5 rings (SSSR count). The highest BCUT2D eigenvalue weighted by molar-refractivity contribution is 5.50. The molecule has 1 fully saturated rings. The van der Waals surface area contributed by atoms with Crippen molar-refractivity contribution in [2.75, 3.05) is 11.5 Å². The summed E-state index contributed by atoms with van der Waals surface area (Å²) < 4.78 is 12.2. The van der Waals surface area contributed by atoms with Gasteiger partial charge in [-0.05, 0) is 36.1 Å². The molecule has 1 saturated carbocycles. The third-order valence-corrected chi connectivity index (χ3v) is 5.42. The minimum absolute atomic E-state index is 0.118. The smallest absolute Gasteiger partial charge is 0.147 e. The molecule has 0 amide bonds. The summed E-state index contributed by atoms with van der Waals surface area (Å²) in [6.45, 7) is 0. The topological polar surface area (TPSA) is 96.3 Å². The van der Waals surface area contributed by atoms with E-state index in [9.17, 15) is 0 Å². The van der Waals surface area contributed by atoms with Gasteiger partial charge in [-0.2, -0.15) is 0 Å². The first kappa shape index (κ1) is 15.9. The number of nitrogens with two attached hydrogens (primary N) is 2. The maximum absolute atomic E-state index is 6.29. The van der Waals surface area contributed by atoms with Crippen molar-refractivity contribution in [2.24, 2.45) is 0 Å². The SMILES string of the molecule is Nc1cncc(Oc2ccc3c(c2)C2CCC3C2Oc2cncc(N)c2)c1. The summed E-state index contributed by atoms with van der Waals surface area (Å²) in [6, 6.07) is 9.88. The first-order valence-corrected chi connectivity index (χ1v) is 9.07. The molecule has 3 atom stereocenters. The van der Waals surface area contributed by atoms with Crippen LogP contribution in [0.15, 0.2) is 55.1 Å². The first-order chi connectivity index (χ1) is 13.2. The molecule has 136 valence electrons. The Labute approximate surface area is 157 Å². The number of rotatable bonds is 4. The van der Waals surface area contributed by atoms with Crippen molar-refractivity contribution in [1.29, 1.82) is 0 Å². The van der Waals surface area contributed by atoms with Crippen LogP contribution in [-0.4, -0.2) is 16.1 Å². The quantitative estimate of drug-likeness (QED) is 0.733. The lowest BCUT2D eigenvalue weighted by molar-refractivity contribution is 0.186. The fraction of sp³-hybridized carbons (Fsp3) is 0.238. The molecule has 4 N–H and O–H groups in total. The van der Waals surface area contributed by atoms with Gasteiger partial charge in [0.15, 0.2) is 0 Å². The second kappa shape index (κ2) is 6.16. The number of nitrogens with zero attached hydrogens (tertiary/aromatic N) is 2. The molecule has 27 heavy (non-hydrogen) atoms. The van der Waals surface area contributed by atoms with Crippen LogP contribution < -0.4 is 20.9 Å². The van der Waals surface area contributed by atoms with Gasteiger partial charge in [0.25, 0.3) is 0 Å². The van der Waals surface area contributed by atoms with Gasteiger partial charge in [0.2, 0.25) is 0 Å². The van der Waals surface area contributed by atoms with E-state index >= 15 is 0 Å². The fourth-order valence-corrected chi connectivity index (χ4v) is 4.36. The number of aromatic nitrogens is 2. The molecule has 2 heterocycles. The van der Waals surface area contributed by atoms with Gasteiger partial charge >= 0.3 is 0 Å². The van der Waals surface area contributed by atoms with Crippen LogP contribution in [-0.2, 0) is 0 Å². The van der Waals surface area contributed by atoms with Crippen LogP contribution >= 0.6 is 0 Å². The molecule has 0 saturated heterocycles. The maximum atomic E-state index is 6.29. The van der Waals surface area contributed by atoms with E-state index in [-0.39, 0.29) is 6.10 Å². The fourth-order valence-electron chi connectivity index (χ4n) is 4.36. The lowest BCUT2D eigenvalue weighted by atomic mass is 9.92. The van der Waals surface area contributed by atoms with Crippen LogP contribution in [0.4, 0.5) is 11.4 Å². The van der Waals surface area contributed by atoms with Crippen molar-refractivity contribution in [1.82, 2.24) is 9.97 Å². The highest BCUT2D eigenvalue weighted by Gasteiger charge is 2.47. The second-order valence-corrected chi connectivity index (χ2v) is 7.17. The molecule has 3 aromatic rings. The van der Waals surface area contributed by atoms with Crippen molar-refractivity contribution in [3.05, 3.63) is 66.2 Å². The zero-order chi connectivity index (χ0) is 18.4. The van der Waals surface area contributed by atoms with Crippen LogP contribution in [0.3, 0.4) is 0 Å². The zero-order valence-electron chi connectivity index (χ0n) is 14.7. The van der Waals surface area contributed by atoms with Crippen molar-refractivity contribution < 1.29 is 9.47 Å². The maximum Gasteiger partial charge on any atom is 0.147 e. The number of benzene rings is 1. The van der Waals surface area contributed by atoms with Crippen LogP contribution in [0, 0.1) is 0 Å². The summed E-state index contributed by atoms with van der Waals surface area (Å²) in [5, 5.41) is 0. The Kier molecular flexibility index (Phi) is 3.63. The van der Waals surface area contributed by atoms with E-state index < -0.39 is 0 Å². The van der Waals surface area contributed by atoms with E-state index in [1.54, 1.807) is 30.9 Å². The van der Waals surface area contributed by atoms with Gasteiger partial charge in [-0.15, -0.1) is 0 Å².